The molecular formula is C29H33F3N2O7S2. The number of anilines is 2. The molecule has 4 rings (SSSR count). The Bertz CT molecular complexity index is 1650. The van der Waals surface area contributed by atoms with Crippen molar-refractivity contribution in [2.75, 3.05) is 25.7 Å². The number of nitrogens with zero attached hydrogens (tertiary/aromatic N) is 2. The number of benzene rings is 3. The van der Waals surface area contributed by atoms with Crippen LogP contribution in [-0.4, -0.2) is 53.0 Å². The molecule has 1 heterocycles. The summed E-state index contributed by atoms with van der Waals surface area (Å²) in [4.78, 5) is 1.32. The summed E-state index contributed by atoms with van der Waals surface area (Å²) in [6.07, 6.45) is 1.93. The van der Waals surface area contributed by atoms with Crippen LogP contribution in [-0.2, 0) is 26.7 Å². The van der Waals surface area contributed by atoms with E-state index in [0.717, 1.165) is 19.6 Å². The van der Waals surface area contributed by atoms with Gasteiger partial charge in [0.15, 0.2) is 11.5 Å². The predicted octanol–water partition coefficient (Wildman–Crippen LogP) is 6.22. The number of ether oxygens (including phenoxy) is 2. The van der Waals surface area contributed by atoms with E-state index in [9.17, 15) is 30.0 Å². The standard InChI is InChI=1S/C29H33F3N2O7S2/c1-5-6-16-28(2)20-33(22-10-8-7-9-11-22)24-17-25(40-4)26(41-43(37,38)29(30,31)32)18-27(24)42(35,36)34(28)19-21-12-14-23(39-3)15-13-21/h7-15,17-18H,5-6,16,19-20H2,1-4H3. The molecular weight excluding hydrogens is 609 g/mol. The number of rotatable bonds is 10. The van der Waals surface area contributed by atoms with Crippen molar-refractivity contribution >= 4 is 31.5 Å². The second kappa shape index (κ2) is 12.2. The van der Waals surface area contributed by atoms with Crippen LogP contribution in [0.4, 0.5) is 24.5 Å². The molecule has 0 bridgehead atoms. The van der Waals surface area contributed by atoms with Crippen LogP contribution in [0.25, 0.3) is 0 Å². The zero-order valence-corrected chi connectivity index (χ0v) is 25.7. The number of hydrogen-bond donors (Lipinski definition) is 0. The van der Waals surface area contributed by atoms with Crippen LogP contribution >= 0.6 is 0 Å². The van der Waals surface area contributed by atoms with Crippen LogP contribution in [0.2, 0.25) is 0 Å². The molecule has 1 unspecified atom stereocenters. The maximum Gasteiger partial charge on any atom is 0.534 e. The van der Waals surface area contributed by atoms with Crippen LogP contribution in [0, 0.1) is 0 Å². The molecule has 1 aliphatic rings. The number of alkyl halides is 3. The van der Waals surface area contributed by atoms with Crippen LogP contribution in [0.5, 0.6) is 17.2 Å². The third-order valence-electron chi connectivity index (χ3n) is 7.31. The smallest absolute Gasteiger partial charge is 0.497 e. The minimum atomic E-state index is -6.14. The van der Waals surface area contributed by atoms with Crippen molar-refractivity contribution in [2.45, 2.75) is 55.6 Å². The summed E-state index contributed by atoms with van der Waals surface area (Å²) in [5.41, 5.74) is -5.41. The zero-order chi connectivity index (χ0) is 31.6. The molecule has 14 heteroatoms. The number of halogens is 3. The fourth-order valence-corrected chi connectivity index (χ4v) is 7.46. The van der Waals surface area contributed by atoms with E-state index in [-0.39, 0.29) is 24.5 Å². The highest BCUT2D eigenvalue weighted by atomic mass is 32.2. The first kappa shape index (κ1) is 32.4. The second-order valence-corrected chi connectivity index (χ2v) is 13.7. The average molecular weight is 643 g/mol. The highest BCUT2D eigenvalue weighted by Gasteiger charge is 2.50. The molecule has 0 fully saturated rings. The van der Waals surface area contributed by atoms with Crippen molar-refractivity contribution in [2.24, 2.45) is 0 Å². The first-order valence-corrected chi connectivity index (χ1v) is 16.2. The van der Waals surface area contributed by atoms with Crippen LogP contribution in [0.15, 0.2) is 71.6 Å². The molecule has 234 valence electrons. The number of sulfonamides is 1. The van der Waals surface area contributed by atoms with Gasteiger partial charge < -0.3 is 18.6 Å². The molecule has 43 heavy (non-hydrogen) atoms. The minimum Gasteiger partial charge on any atom is -0.497 e. The normalized spacial score (nSPS) is 18.9. The van der Waals surface area contributed by atoms with E-state index in [2.05, 4.69) is 4.18 Å². The summed E-state index contributed by atoms with van der Waals surface area (Å²) in [5, 5.41) is 0. The van der Waals surface area contributed by atoms with Gasteiger partial charge in [0.05, 0.1) is 25.4 Å². The summed E-state index contributed by atoms with van der Waals surface area (Å²) < 4.78 is 109. The quantitative estimate of drug-likeness (QED) is 0.190. The fourth-order valence-electron chi connectivity index (χ4n) is 5.02. The molecule has 0 saturated heterocycles. The lowest BCUT2D eigenvalue weighted by atomic mass is 9.92. The van der Waals surface area contributed by atoms with Crippen molar-refractivity contribution in [3.63, 3.8) is 0 Å². The first-order valence-electron chi connectivity index (χ1n) is 13.4. The van der Waals surface area contributed by atoms with Gasteiger partial charge in [-0.3, -0.25) is 0 Å². The van der Waals surface area contributed by atoms with E-state index in [1.165, 1.54) is 17.5 Å². The molecule has 0 radical (unpaired) electrons. The van der Waals surface area contributed by atoms with Gasteiger partial charge in [0.1, 0.15) is 10.6 Å². The van der Waals surface area contributed by atoms with Gasteiger partial charge >= 0.3 is 15.6 Å². The molecule has 0 spiro atoms. The zero-order valence-electron chi connectivity index (χ0n) is 24.1. The fraction of sp³-hybridized carbons (Fsp3) is 0.379. The van der Waals surface area contributed by atoms with Crippen molar-refractivity contribution in [3.05, 3.63) is 72.3 Å². The van der Waals surface area contributed by atoms with E-state index < -0.39 is 41.8 Å². The van der Waals surface area contributed by atoms with E-state index in [4.69, 9.17) is 9.47 Å². The molecule has 1 aliphatic heterocycles. The highest BCUT2D eigenvalue weighted by molar-refractivity contribution is 7.89. The Hall–Kier alpha value is -3.49. The molecule has 9 nitrogen and oxygen atoms in total. The molecule has 0 N–H and O–H groups in total. The lowest BCUT2D eigenvalue weighted by Crippen LogP contribution is -2.53. The predicted molar refractivity (Wildman–Crippen MR) is 156 cm³/mol. The second-order valence-electron chi connectivity index (χ2n) is 10.3. The van der Waals surface area contributed by atoms with Crippen molar-refractivity contribution in [1.82, 2.24) is 4.31 Å². The van der Waals surface area contributed by atoms with Crippen molar-refractivity contribution in [3.8, 4) is 17.2 Å². The largest absolute Gasteiger partial charge is 0.534 e. The molecule has 0 aromatic heterocycles. The molecule has 1 atom stereocenters. The third kappa shape index (κ3) is 6.55. The third-order valence-corrected chi connectivity index (χ3v) is 10.3. The van der Waals surface area contributed by atoms with E-state index >= 15 is 0 Å². The molecule has 0 amide bonds. The van der Waals surface area contributed by atoms with Gasteiger partial charge in [-0.15, -0.1) is 0 Å². The maximum absolute atomic E-state index is 14.6. The van der Waals surface area contributed by atoms with Gasteiger partial charge in [-0.2, -0.15) is 25.9 Å². The van der Waals surface area contributed by atoms with Crippen molar-refractivity contribution < 1.29 is 43.7 Å². The first-order chi connectivity index (χ1) is 20.2. The Kier molecular flexibility index (Phi) is 9.24. The van der Waals surface area contributed by atoms with Crippen LogP contribution in [0.3, 0.4) is 0 Å². The van der Waals surface area contributed by atoms with Gasteiger partial charge in [-0.1, -0.05) is 50.1 Å². The lowest BCUT2D eigenvalue weighted by molar-refractivity contribution is -0.0500. The number of fused-ring (bicyclic) bond motifs is 1. The average Bonchev–Trinajstić information content (AvgIpc) is 3.03. The van der Waals surface area contributed by atoms with Gasteiger partial charge in [0, 0.05) is 30.9 Å². The van der Waals surface area contributed by atoms with E-state index in [1.54, 1.807) is 59.5 Å². The summed E-state index contributed by atoms with van der Waals surface area (Å²) in [7, 11) is -8.01. The number of para-hydroxylation sites is 1. The lowest BCUT2D eigenvalue weighted by Gasteiger charge is -2.41. The molecule has 0 saturated carbocycles. The topological polar surface area (TPSA) is 102 Å². The SMILES string of the molecule is CCCCC1(C)CN(c2ccccc2)c2cc(OC)c(OS(=O)(=O)C(F)(F)F)cc2S(=O)(=O)N1Cc1ccc(OC)cc1. The number of hydrogen-bond acceptors (Lipinski definition) is 8. The monoisotopic (exact) mass is 642 g/mol. The van der Waals surface area contributed by atoms with Gasteiger partial charge in [-0.25, -0.2) is 8.42 Å². The minimum absolute atomic E-state index is 0.0717. The summed E-state index contributed by atoms with van der Waals surface area (Å²) in [6.45, 7) is 3.91. The summed E-state index contributed by atoms with van der Waals surface area (Å²) >= 11 is 0. The highest BCUT2D eigenvalue weighted by Crippen LogP contribution is 2.47. The Morgan fingerprint density at radius 2 is 1.60 bits per heavy atom. The van der Waals surface area contributed by atoms with E-state index in [0.29, 0.717) is 29.8 Å². The van der Waals surface area contributed by atoms with Crippen LogP contribution < -0.4 is 18.6 Å². The number of methoxy groups -OCH3 is 2. The molecule has 0 aliphatic carbocycles. The van der Waals surface area contributed by atoms with Gasteiger partial charge in [-0.05, 0) is 43.2 Å². The Morgan fingerprint density at radius 1 is 0.953 bits per heavy atom. The number of unbranched alkanes of at least 4 members (excludes halogenated alkanes) is 1. The van der Waals surface area contributed by atoms with Crippen molar-refractivity contribution in [1.29, 1.82) is 0 Å². The Labute approximate surface area is 250 Å². The Balaban J connectivity index is 2.00. The van der Waals surface area contributed by atoms with Gasteiger partial charge in [0.2, 0.25) is 10.0 Å². The summed E-state index contributed by atoms with van der Waals surface area (Å²) in [6, 6.07) is 17.7. The molecule has 3 aromatic rings. The van der Waals surface area contributed by atoms with E-state index in [1.807, 2.05) is 13.8 Å². The van der Waals surface area contributed by atoms with Crippen LogP contribution in [0.1, 0.15) is 38.7 Å². The Morgan fingerprint density at radius 3 is 2.16 bits per heavy atom. The molecule has 3 aromatic carbocycles. The summed E-state index contributed by atoms with van der Waals surface area (Å²) in [5.74, 6) is -0.713. The maximum atomic E-state index is 14.6. The van der Waals surface area contributed by atoms with Gasteiger partial charge in [0.25, 0.3) is 0 Å².